The standard InChI is InChI=1S/C22H23N3O3/c1-15-18-6-3-4-7-19(18)22(27)25(23-15)14-21(26)24-13-5-8-20(24)16-9-11-17(28-2)12-10-16/h3-4,6-7,9-12,20H,5,8,13-14H2,1-2H3. The molecule has 0 radical (unpaired) electrons. The molecule has 2 heterocycles. The van der Waals surface area contributed by atoms with Crippen LogP contribution >= 0.6 is 0 Å². The van der Waals surface area contributed by atoms with Crippen LogP contribution in [-0.2, 0) is 11.3 Å². The summed E-state index contributed by atoms with van der Waals surface area (Å²) in [5.74, 6) is 0.713. The molecule has 1 aliphatic heterocycles. The third-order valence-electron chi connectivity index (χ3n) is 5.41. The van der Waals surface area contributed by atoms with Crippen LogP contribution in [0, 0.1) is 6.92 Å². The zero-order valence-electron chi connectivity index (χ0n) is 16.1. The lowest BCUT2D eigenvalue weighted by Gasteiger charge is -2.25. The smallest absolute Gasteiger partial charge is 0.275 e. The van der Waals surface area contributed by atoms with Crippen molar-refractivity contribution in [1.29, 1.82) is 0 Å². The molecule has 28 heavy (non-hydrogen) atoms. The fourth-order valence-electron chi connectivity index (χ4n) is 3.97. The molecule has 1 aliphatic rings. The molecular weight excluding hydrogens is 354 g/mol. The number of hydrogen-bond acceptors (Lipinski definition) is 4. The lowest BCUT2D eigenvalue weighted by molar-refractivity contribution is -0.133. The first-order valence-corrected chi connectivity index (χ1v) is 9.48. The molecule has 0 saturated carbocycles. The second kappa shape index (κ2) is 7.46. The maximum absolute atomic E-state index is 13.0. The molecule has 1 atom stereocenters. The maximum Gasteiger partial charge on any atom is 0.275 e. The minimum Gasteiger partial charge on any atom is -0.497 e. The Hall–Kier alpha value is -3.15. The van der Waals surface area contributed by atoms with Crippen molar-refractivity contribution in [1.82, 2.24) is 14.7 Å². The Labute approximate surface area is 163 Å². The Kier molecular flexibility index (Phi) is 4.86. The minimum atomic E-state index is -0.227. The van der Waals surface area contributed by atoms with Gasteiger partial charge < -0.3 is 9.64 Å². The number of likely N-dealkylation sites (tertiary alicyclic amines) is 1. The van der Waals surface area contributed by atoms with E-state index in [1.165, 1.54) is 4.68 Å². The van der Waals surface area contributed by atoms with Gasteiger partial charge in [0.05, 0.1) is 24.2 Å². The molecule has 3 aromatic rings. The van der Waals surface area contributed by atoms with E-state index in [1.54, 1.807) is 13.2 Å². The largest absolute Gasteiger partial charge is 0.497 e. The van der Waals surface area contributed by atoms with Crippen LogP contribution in [-0.4, -0.2) is 34.2 Å². The molecule has 0 spiro atoms. The molecular formula is C22H23N3O3. The lowest BCUT2D eigenvalue weighted by Crippen LogP contribution is -2.37. The van der Waals surface area contributed by atoms with E-state index in [0.717, 1.165) is 35.2 Å². The second-order valence-electron chi connectivity index (χ2n) is 7.11. The summed E-state index contributed by atoms with van der Waals surface area (Å²) in [6, 6.07) is 15.2. The van der Waals surface area contributed by atoms with Crippen LogP contribution in [0.4, 0.5) is 0 Å². The Morgan fingerprint density at radius 2 is 1.86 bits per heavy atom. The van der Waals surface area contributed by atoms with Gasteiger partial charge in [-0.05, 0) is 43.5 Å². The van der Waals surface area contributed by atoms with E-state index in [1.807, 2.05) is 54.3 Å². The number of fused-ring (bicyclic) bond motifs is 1. The molecule has 144 valence electrons. The maximum atomic E-state index is 13.0. The predicted molar refractivity (Wildman–Crippen MR) is 107 cm³/mol. The van der Waals surface area contributed by atoms with Crippen LogP contribution in [0.2, 0.25) is 0 Å². The summed E-state index contributed by atoms with van der Waals surface area (Å²) in [4.78, 5) is 27.7. The summed E-state index contributed by atoms with van der Waals surface area (Å²) in [6.45, 7) is 2.51. The van der Waals surface area contributed by atoms with E-state index >= 15 is 0 Å². The second-order valence-corrected chi connectivity index (χ2v) is 7.11. The Morgan fingerprint density at radius 3 is 2.57 bits per heavy atom. The van der Waals surface area contributed by atoms with Crippen molar-refractivity contribution in [2.75, 3.05) is 13.7 Å². The third-order valence-corrected chi connectivity index (χ3v) is 5.41. The normalized spacial score (nSPS) is 16.5. The number of aromatic nitrogens is 2. The molecule has 6 heteroatoms. The highest BCUT2D eigenvalue weighted by molar-refractivity contribution is 5.83. The molecule has 0 bridgehead atoms. The van der Waals surface area contributed by atoms with Crippen LogP contribution in [0.3, 0.4) is 0 Å². The highest BCUT2D eigenvalue weighted by atomic mass is 16.5. The van der Waals surface area contributed by atoms with Gasteiger partial charge in [-0.2, -0.15) is 5.10 Å². The van der Waals surface area contributed by atoms with Crippen molar-refractivity contribution >= 4 is 16.7 Å². The summed E-state index contributed by atoms with van der Waals surface area (Å²) in [7, 11) is 1.64. The Morgan fingerprint density at radius 1 is 1.14 bits per heavy atom. The predicted octanol–water partition coefficient (Wildman–Crippen LogP) is 3.08. The van der Waals surface area contributed by atoms with Gasteiger partial charge in [0.2, 0.25) is 5.91 Å². The van der Waals surface area contributed by atoms with Gasteiger partial charge in [-0.3, -0.25) is 9.59 Å². The zero-order valence-corrected chi connectivity index (χ0v) is 16.1. The van der Waals surface area contributed by atoms with Gasteiger partial charge in [0.25, 0.3) is 5.56 Å². The van der Waals surface area contributed by atoms with Gasteiger partial charge in [-0.1, -0.05) is 30.3 Å². The summed E-state index contributed by atoms with van der Waals surface area (Å²) in [5, 5.41) is 5.79. The number of ether oxygens (including phenoxy) is 1. The lowest BCUT2D eigenvalue weighted by atomic mass is 10.0. The van der Waals surface area contributed by atoms with Crippen molar-refractivity contribution in [3.05, 3.63) is 70.1 Å². The fourth-order valence-corrected chi connectivity index (χ4v) is 3.97. The number of aryl methyl sites for hydroxylation is 1. The number of nitrogens with zero attached hydrogens (tertiary/aromatic N) is 3. The van der Waals surface area contributed by atoms with E-state index in [9.17, 15) is 9.59 Å². The number of benzene rings is 2. The zero-order chi connectivity index (χ0) is 19.7. The van der Waals surface area contributed by atoms with Crippen LogP contribution in [0.25, 0.3) is 10.8 Å². The molecule has 1 amide bonds. The van der Waals surface area contributed by atoms with Crippen LogP contribution in [0.5, 0.6) is 5.75 Å². The molecule has 0 N–H and O–H groups in total. The summed E-state index contributed by atoms with van der Waals surface area (Å²) in [6.07, 6.45) is 1.86. The summed E-state index contributed by atoms with van der Waals surface area (Å²) in [5.41, 5.74) is 1.60. The minimum absolute atomic E-state index is 0.0238. The molecule has 1 saturated heterocycles. The molecule has 4 rings (SSSR count). The SMILES string of the molecule is COc1ccc(C2CCCN2C(=O)Cn2nc(C)c3ccccc3c2=O)cc1. The van der Waals surface area contributed by atoms with Crippen molar-refractivity contribution in [2.45, 2.75) is 32.4 Å². The number of carbonyl (C=O) groups is 1. The van der Waals surface area contributed by atoms with Gasteiger partial charge in [0.1, 0.15) is 12.3 Å². The number of rotatable bonds is 4. The van der Waals surface area contributed by atoms with E-state index in [0.29, 0.717) is 11.9 Å². The van der Waals surface area contributed by atoms with E-state index in [-0.39, 0.29) is 24.1 Å². The first kappa shape index (κ1) is 18.2. The van der Waals surface area contributed by atoms with Crippen LogP contribution in [0.15, 0.2) is 53.3 Å². The average molecular weight is 377 g/mol. The molecule has 1 fully saturated rings. The van der Waals surface area contributed by atoms with Gasteiger partial charge >= 0.3 is 0 Å². The topological polar surface area (TPSA) is 64.4 Å². The average Bonchev–Trinajstić information content (AvgIpc) is 3.22. The first-order valence-electron chi connectivity index (χ1n) is 9.48. The number of carbonyl (C=O) groups excluding carboxylic acids is 1. The van der Waals surface area contributed by atoms with Crippen LogP contribution in [0.1, 0.15) is 30.1 Å². The molecule has 0 aliphatic carbocycles. The monoisotopic (exact) mass is 377 g/mol. The van der Waals surface area contributed by atoms with Crippen LogP contribution < -0.4 is 10.3 Å². The van der Waals surface area contributed by atoms with E-state index < -0.39 is 0 Å². The number of amides is 1. The van der Waals surface area contributed by atoms with Gasteiger partial charge in [0.15, 0.2) is 0 Å². The van der Waals surface area contributed by atoms with Crippen molar-refractivity contribution < 1.29 is 9.53 Å². The first-order chi connectivity index (χ1) is 13.6. The fraction of sp³-hybridized carbons (Fsp3) is 0.318. The van der Waals surface area contributed by atoms with Crippen molar-refractivity contribution in [3.8, 4) is 5.75 Å². The Balaban J connectivity index is 1.60. The molecule has 1 aromatic heterocycles. The van der Waals surface area contributed by atoms with E-state index in [2.05, 4.69) is 5.10 Å². The highest BCUT2D eigenvalue weighted by Gasteiger charge is 2.30. The Bertz CT molecular complexity index is 1070. The number of hydrogen-bond donors (Lipinski definition) is 0. The van der Waals surface area contributed by atoms with Crippen molar-refractivity contribution in [3.63, 3.8) is 0 Å². The molecule has 6 nitrogen and oxygen atoms in total. The van der Waals surface area contributed by atoms with Gasteiger partial charge in [0, 0.05) is 11.9 Å². The molecule has 2 aromatic carbocycles. The van der Waals surface area contributed by atoms with Crippen molar-refractivity contribution in [2.24, 2.45) is 0 Å². The van der Waals surface area contributed by atoms with Gasteiger partial charge in [-0.15, -0.1) is 0 Å². The summed E-state index contributed by atoms with van der Waals surface area (Å²) >= 11 is 0. The van der Waals surface area contributed by atoms with E-state index in [4.69, 9.17) is 4.74 Å². The van der Waals surface area contributed by atoms with Gasteiger partial charge in [-0.25, -0.2) is 4.68 Å². The third kappa shape index (κ3) is 3.26. The number of methoxy groups -OCH3 is 1. The quantitative estimate of drug-likeness (QED) is 0.701. The summed E-state index contributed by atoms with van der Waals surface area (Å²) < 4.78 is 6.51. The molecule has 1 unspecified atom stereocenters. The highest BCUT2D eigenvalue weighted by Crippen LogP contribution is 2.32.